The molecule has 358 valence electrons. The van der Waals surface area contributed by atoms with Crippen LogP contribution in [0.5, 0.6) is 0 Å². The lowest BCUT2D eigenvalue weighted by Crippen LogP contribution is -2.29. The van der Waals surface area contributed by atoms with Crippen molar-refractivity contribution in [2.75, 3.05) is 26.4 Å². The van der Waals surface area contributed by atoms with Crippen molar-refractivity contribution in [2.45, 2.75) is 206 Å². The molecular weight excluding hydrogens is 817 g/mol. The maximum Gasteiger partial charge on any atom is 0.472 e. The minimum atomic E-state index is -4.50. The van der Waals surface area contributed by atoms with Gasteiger partial charge in [0.2, 0.25) is 0 Å². The van der Waals surface area contributed by atoms with Crippen LogP contribution < -0.4 is 5.73 Å². The molecule has 1 aliphatic carbocycles. The molecule has 6 N–H and O–H groups in total. The van der Waals surface area contributed by atoms with Crippen molar-refractivity contribution < 1.29 is 62.1 Å². The summed E-state index contributed by atoms with van der Waals surface area (Å²) in [7, 11) is -4.50. The third-order valence-corrected chi connectivity index (χ3v) is 12.8. The number of aliphatic hydroxyl groups excluding tert-OH is 3. The lowest BCUT2D eigenvalue weighted by Gasteiger charge is -2.20. The van der Waals surface area contributed by atoms with E-state index in [1.165, 1.54) is 30.4 Å². The topological polar surface area (TPSA) is 225 Å². The lowest BCUT2D eigenvalue weighted by atomic mass is 9.87. The molecule has 7 atom stereocenters. The Kier molecular flexibility index (Phi) is 29.0. The standard InChI is InChI=1S/C47H82NO13P/c1-5-7-15-21-37(49)27-28-40-41(43(52)32-42(40)51)31-38(50)22-19-20-26-47(54)60-39(34-59-62(55,56)58-30-29-48)33-57-46(53)25-18-14-12-10-9-11-13-17-24-45-36(4)35(3)44(61-45)23-16-8-6-2/h27-28,37,39-43,49,51-52H,5-26,29-34,48H2,1-4H3,(H,55,56)/b28-27+/t37-,39+,40+,41+,42+,43-/m0/s1. The highest BCUT2D eigenvalue weighted by atomic mass is 31.2. The van der Waals surface area contributed by atoms with Gasteiger partial charge in [0.25, 0.3) is 0 Å². The van der Waals surface area contributed by atoms with E-state index in [1.54, 1.807) is 12.2 Å². The summed E-state index contributed by atoms with van der Waals surface area (Å²) in [4.78, 5) is 48.1. The van der Waals surface area contributed by atoms with Gasteiger partial charge in [-0.15, -0.1) is 0 Å². The SMILES string of the molecule is CCCCCc1oc(CCCCCCCCCCC(=O)OC[C@H](COP(=O)(O)OCCN)OC(=O)CCCCC(=O)C[C@@H]2[C@@H](/C=C/[C@@H](O)CCCCC)[C@H](O)C[C@@H]2O)c(C)c1C. The smallest absolute Gasteiger partial charge is 0.466 e. The largest absolute Gasteiger partial charge is 0.472 e. The molecule has 1 heterocycles. The fourth-order valence-corrected chi connectivity index (χ4v) is 8.69. The Morgan fingerprint density at radius 3 is 1.98 bits per heavy atom. The molecule has 62 heavy (non-hydrogen) atoms. The van der Waals surface area contributed by atoms with Crippen LogP contribution in [0.2, 0.25) is 0 Å². The molecule has 15 heteroatoms. The van der Waals surface area contributed by atoms with E-state index >= 15 is 0 Å². The first-order chi connectivity index (χ1) is 29.7. The molecule has 1 aromatic rings. The molecule has 1 unspecified atom stereocenters. The van der Waals surface area contributed by atoms with Gasteiger partial charge < -0.3 is 39.8 Å². The summed E-state index contributed by atoms with van der Waals surface area (Å²) in [6, 6.07) is 0. The van der Waals surface area contributed by atoms with Crippen molar-refractivity contribution in [3.8, 4) is 0 Å². The molecule has 0 saturated heterocycles. The van der Waals surface area contributed by atoms with Crippen molar-refractivity contribution in [2.24, 2.45) is 17.6 Å². The van der Waals surface area contributed by atoms with Gasteiger partial charge in [-0.05, 0) is 63.5 Å². The van der Waals surface area contributed by atoms with Gasteiger partial charge in [-0.25, -0.2) is 4.57 Å². The minimum absolute atomic E-state index is 0.0113. The first-order valence-corrected chi connectivity index (χ1v) is 25.2. The normalized spacial score (nSPS) is 19.8. The van der Waals surface area contributed by atoms with Gasteiger partial charge in [-0.2, -0.15) is 0 Å². The Balaban J connectivity index is 1.70. The zero-order chi connectivity index (χ0) is 45.8. The molecule has 1 fully saturated rings. The number of esters is 2. The van der Waals surface area contributed by atoms with E-state index < -0.39 is 62.6 Å². The predicted molar refractivity (Wildman–Crippen MR) is 239 cm³/mol. The zero-order valence-corrected chi connectivity index (χ0v) is 39.3. The first-order valence-electron chi connectivity index (χ1n) is 23.7. The van der Waals surface area contributed by atoms with E-state index in [-0.39, 0.29) is 57.6 Å². The minimum Gasteiger partial charge on any atom is -0.466 e. The predicted octanol–water partition coefficient (Wildman–Crippen LogP) is 8.60. The summed E-state index contributed by atoms with van der Waals surface area (Å²) in [5, 5.41) is 31.4. The van der Waals surface area contributed by atoms with E-state index in [4.69, 9.17) is 28.7 Å². The summed E-state index contributed by atoms with van der Waals surface area (Å²) in [6.45, 7) is 7.46. The molecule has 14 nitrogen and oxygen atoms in total. The number of unbranched alkanes of at least 4 members (excludes halogenated alkanes) is 12. The first kappa shape index (κ1) is 55.7. The van der Waals surface area contributed by atoms with E-state index in [1.807, 2.05) is 0 Å². The highest BCUT2D eigenvalue weighted by Gasteiger charge is 2.41. The molecule has 1 aromatic heterocycles. The molecule has 1 saturated carbocycles. The van der Waals surface area contributed by atoms with E-state index in [0.717, 1.165) is 88.6 Å². The quantitative estimate of drug-likeness (QED) is 0.0183. The number of rotatable bonds is 37. The van der Waals surface area contributed by atoms with Crippen molar-refractivity contribution in [3.05, 3.63) is 34.8 Å². The highest BCUT2D eigenvalue weighted by Crippen LogP contribution is 2.43. The van der Waals surface area contributed by atoms with Crippen molar-refractivity contribution in [3.63, 3.8) is 0 Å². The maximum absolute atomic E-state index is 12.9. The Morgan fingerprint density at radius 2 is 1.34 bits per heavy atom. The third-order valence-electron chi connectivity index (χ3n) is 11.8. The number of hydrogen-bond acceptors (Lipinski definition) is 13. The molecule has 0 bridgehead atoms. The monoisotopic (exact) mass is 900 g/mol. The average Bonchev–Trinajstić information content (AvgIpc) is 3.66. The van der Waals surface area contributed by atoms with Gasteiger partial charge in [0.05, 0.1) is 31.5 Å². The van der Waals surface area contributed by atoms with Crippen molar-refractivity contribution in [1.29, 1.82) is 0 Å². The van der Waals surface area contributed by atoms with Gasteiger partial charge in [0.1, 0.15) is 23.9 Å². The fraction of sp³-hybridized carbons (Fsp3) is 0.809. The van der Waals surface area contributed by atoms with Gasteiger partial charge in [-0.1, -0.05) is 96.6 Å². The molecule has 0 aliphatic heterocycles. The second-order valence-electron chi connectivity index (χ2n) is 17.2. The molecular formula is C47H82NO13P. The number of aryl methyl sites for hydroxylation is 2. The van der Waals surface area contributed by atoms with Crippen LogP contribution >= 0.6 is 7.82 Å². The highest BCUT2D eigenvalue weighted by molar-refractivity contribution is 7.47. The fourth-order valence-electron chi connectivity index (χ4n) is 7.93. The lowest BCUT2D eigenvalue weighted by molar-refractivity contribution is -0.161. The number of aliphatic hydroxyl groups is 3. The Labute approximate surface area is 371 Å². The number of furan rings is 1. The summed E-state index contributed by atoms with van der Waals surface area (Å²) >= 11 is 0. The van der Waals surface area contributed by atoms with E-state index in [9.17, 15) is 39.2 Å². The van der Waals surface area contributed by atoms with E-state index in [2.05, 4.69) is 27.7 Å². The average molecular weight is 900 g/mol. The number of carbonyl (C=O) groups excluding carboxylic acids is 3. The van der Waals surface area contributed by atoms with Crippen LogP contribution in [0.3, 0.4) is 0 Å². The summed E-state index contributed by atoms with van der Waals surface area (Å²) in [5.74, 6) is 0.129. The van der Waals surface area contributed by atoms with E-state index in [0.29, 0.717) is 25.7 Å². The zero-order valence-electron chi connectivity index (χ0n) is 38.4. The van der Waals surface area contributed by atoms with Crippen molar-refractivity contribution in [1.82, 2.24) is 0 Å². The van der Waals surface area contributed by atoms with Crippen LogP contribution in [0.4, 0.5) is 0 Å². The van der Waals surface area contributed by atoms with Gasteiger partial charge >= 0.3 is 19.8 Å². The van der Waals surface area contributed by atoms with Gasteiger partial charge in [0, 0.05) is 63.3 Å². The number of ketones is 1. The number of nitrogens with two attached hydrogens (primary N) is 1. The Bertz CT molecular complexity index is 1480. The molecule has 2 rings (SSSR count). The van der Waals surface area contributed by atoms with Crippen LogP contribution in [0, 0.1) is 25.7 Å². The van der Waals surface area contributed by atoms with Crippen LogP contribution in [0.15, 0.2) is 16.6 Å². The summed E-state index contributed by atoms with van der Waals surface area (Å²) in [6.07, 6.45) is 18.4. The number of carbonyl (C=O) groups is 3. The summed E-state index contributed by atoms with van der Waals surface area (Å²) in [5.41, 5.74) is 7.96. The van der Waals surface area contributed by atoms with Gasteiger partial charge in [-0.3, -0.25) is 23.4 Å². The van der Waals surface area contributed by atoms with Crippen LogP contribution in [-0.2, 0) is 50.3 Å². The number of hydrogen-bond donors (Lipinski definition) is 5. The molecule has 0 amide bonds. The molecule has 1 aliphatic rings. The maximum atomic E-state index is 12.9. The second-order valence-corrected chi connectivity index (χ2v) is 18.6. The van der Waals surface area contributed by atoms with Crippen LogP contribution in [0.25, 0.3) is 0 Å². The Hall–Kier alpha value is -2.42. The number of ether oxygens (including phenoxy) is 2. The van der Waals surface area contributed by atoms with Crippen LogP contribution in [-0.4, -0.2) is 88.7 Å². The second kappa shape index (κ2) is 32.3. The molecule has 0 aromatic carbocycles. The number of phosphoric acid groups is 1. The van der Waals surface area contributed by atoms with Gasteiger partial charge in [0.15, 0.2) is 6.10 Å². The molecule has 0 radical (unpaired) electrons. The molecule has 0 spiro atoms. The third kappa shape index (κ3) is 23.5. The Morgan fingerprint density at radius 1 is 0.774 bits per heavy atom. The number of phosphoric ester groups is 1. The summed E-state index contributed by atoms with van der Waals surface area (Å²) < 4.78 is 39.0. The van der Waals surface area contributed by atoms with Crippen LogP contribution in [0.1, 0.15) is 178 Å². The number of Topliss-reactive ketones (excluding diaryl/α,β-unsaturated/α-hetero) is 1. The van der Waals surface area contributed by atoms with Crippen molar-refractivity contribution >= 4 is 25.5 Å².